The average molecular weight is 307 g/mol. The van der Waals surface area contributed by atoms with Crippen molar-refractivity contribution >= 4 is 9.84 Å². The van der Waals surface area contributed by atoms with Crippen molar-refractivity contribution in [3.05, 3.63) is 76.6 Å². The Hall–Kier alpha value is -2.26. The number of benzene rings is 2. The lowest BCUT2D eigenvalue weighted by molar-refractivity contribution is 0.571. The van der Waals surface area contributed by atoms with E-state index >= 15 is 0 Å². The quantitative estimate of drug-likeness (QED) is 0.812. The largest absolute Gasteiger partial charge is 0.353 e. The molecule has 0 N–H and O–H groups in total. The van der Waals surface area contributed by atoms with Crippen molar-refractivity contribution in [3.8, 4) is 0 Å². The van der Waals surface area contributed by atoms with Gasteiger partial charge in [0.25, 0.3) is 9.84 Å². The van der Waals surface area contributed by atoms with Crippen molar-refractivity contribution < 1.29 is 17.2 Å². The minimum Gasteiger partial charge on any atom is -0.291 e. The SMILES string of the molecule is [C-]#[N+][C@H](c1cc(F)ccc1F)S(=O)(=O)c1ccc(C)cc1. The summed E-state index contributed by atoms with van der Waals surface area (Å²) in [5.74, 6) is -1.72. The van der Waals surface area contributed by atoms with Crippen LogP contribution in [0.4, 0.5) is 8.78 Å². The Morgan fingerprint density at radius 2 is 1.71 bits per heavy atom. The molecule has 0 bridgehead atoms. The Kier molecular flexibility index (Phi) is 4.05. The van der Waals surface area contributed by atoms with Crippen molar-refractivity contribution in [1.29, 1.82) is 0 Å². The van der Waals surface area contributed by atoms with Crippen LogP contribution in [0.15, 0.2) is 47.4 Å². The number of sulfone groups is 1. The average Bonchev–Trinajstić information content (AvgIpc) is 2.43. The van der Waals surface area contributed by atoms with E-state index in [1.165, 1.54) is 12.1 Å². The van der Waals surface area contributed by atoms with Crippen molar-refractivity contribution in [3.63, 3.8) is 0 Å². The molecule has 6 heteroatoms. The van der Waals surface area contributed by atoms with Crippen LogP contribution in [0, 0.1) is 25.1 Å². The Labute approximate surface area is 121 Å². The highest BCUT2D eigenvalue weighted by molar-refractivity contribution is 7.91. The van der Waals surface area contributed by atoms with Crippen LogP contribution in [0.3, 0.4) is 0 Å². The molecule has 0 aliphatic carbocycles. The number of hydrogen-bond acceptors (Lipinski definition) is 2. The molecule has 21 heavy (non-hydrogen) atoms. The lowest BCUT2D eigenvalue weighted by Crippen LogP contribution is -2.12. The van der Waals surface area contributed by atoms with Crippen LogP contribution in [0.25, 0.3) is 4.85 Å². The van der Waals surface area contributed by atoms with E-state index in [9.17, 15) is 17.2 Å². The van der Waals surface area contributed by atoms with Crippen LogP contribution in [0.1, 0.15) is 16.5 Å². The highest BCUT2D eigenvalue weighted by Gasteiger charge is 2.36. The van der Waals surface area contributed by atoms with Gasteiger partial charge in [-0.15, -0.1) is 0 Å². The van der Waals surface area contributed by atoms with Gasteiger partial charge in [-0.25, -0.2) is 23.8 Å². The summed E-state index contributed by atoms with van der Waals surface area (Å²) in [7, 11) is -4.12. The molecule has 0 radical (unpaired) electrons. The second-order valence-corrected chi connectivity index (χ2v) is 6.51. The molecule has 3 nitrogen and oxygen atoms in total. The van der Waals surface area contributed by atoms with E-state index in [4.69, 9.17) is 6.57 Å². The highest BCUT2D eigenvalue weighted by atomic mass is 32.2. The van der Waals surface area contributed by atoms with Crippen molar-refractivity contribution in [2.24, 2.45) is 0 Å². The Bertz CT molecular complexity index is 809. The molecule has 0 saturated heterocycles. The van der Waals surface area contributed by atoms with Gasteiger partial charge >= 0.3 is 5.37 Å². The van der Waals surface area contributed by atoms with E-state index in [0.29, 0.717) is 0 Å². The van der Waals surface area contributed by atoms with E-state index in [1.54, 1.807) is 19.1 Å². The van der Waals surface area contributed by atoms with Gasteiger partial charge in [-0.2, -0.15) is 0 Å². The molecular formula is C15H11F2NO2S. The standard InChI is InChI=1S/C15H11F2NO2S/c1-10-3-6-12(7-4-10)21(19,20)15(18-2)13-9-11(16)5-8-14(13)17/h3-9,15H,1H3/t15-/m0/s1. The summed E-state index contributed by atoms with van der Waals surface area (Å²) >= 11 is 0. The van der Waals surface area contributed by atoms with Gasteiger partial charge in [0.05, 0.1) is 10.5 Å². The van der Waals surface area contributed by atoms with Crippen molar-refractivity contribution in [1.82, 2.24) is 0 Å². The third-order valence-corrected chi connectivity index (χ3v) is 4.86. The fourth-order valence-corrected chi connectivity index (χ4v) is 3.29. The van der Waals surface area contributed by atoms with Gasteiger partial charge in [0.1, 0.15) is 11.6 Å². The Morgan fingerprint density at radius 3 is 2.29 bits per heavy atom. The van der Waals surface area contributed by atoms with Crippen LogP contribution in [-0.2, 0) is 9.84 Å². The molecule has 2 rings (SSSR count). The van der Waals surface area contributed by atoms with Crippen LogP contribution >= 0.6 is 0 Å². The van der Waals surface area contributed by atoms with Crippen molar-refractivity contribution in [2.45, 2.75) is 17.2 Å². The van der Waals surface area contributed by atoms with E-state index < -0.39 is 32.4 Å². The highest BCUT2D eigenvalue weighted by Crippen LogP contribution is 2.32. The predicted octanol–water partition coefficient (Wildman–Crippen LogP) is 3.67. The zero-order valence-corrected chi connectivity index (χ0v) is 11.9. The van der Waals surface area contributed by atoms with Crippen LogP contribution in [0.2, 0.25) is 0 Å². The lowest BCUT2D eigenvalue weighted by Gasteiger charge is -2.09. The van der Waals surface area contributed by atoms with Crippen LogP contribution < -0.4 is 0 Å². The van der Waals surface area contributed by atoms with Gasteiger partial charge in [-0.05, 0) is 37.3 Å². The molecule has 0 amide bonds. The zero-order chi connectivity index (χ0) is 15.6. The molecule has 0 fully saturated rings. The smallest absolute Gasteiger partial charge is 0.291 e. The second-order valence-electron chi connectivity index (χ2n) is 4.51. The van der Waals surface area contributed by atoms with Gasteiger partial charge in [0.2, 0.25) is 0 Å². The predicted molar refractivity (Wildman–Crippen MR) is 74.1 cm³/mol. The van der Waals surface area contributed by atoms with E-state index in [2.05, 4.69) is 4.85 Å². The number of halogens is 2. The summed E-state index contributed by atoms with van der Waals surface area (Å²) in [4.78, 5) is 2.89. The fraction of sp³-hybridized carbons (Fsp3) is 0.133. The van der Waals surface area contributed by atoms with Crippen molar-refractivity contribution in [2.75, 3.05) is 0 Å². The number of nitrogens with zero attached hydrogens (tertiary/aromatic N) is 1. The van der Waals surface area contributed by atoms with Gasteiger partial charge < -0.3 is 0 Å². The maximum Gasteiger partial charge on any atom is 0.353 e. The zero-order valence-electron chi connectivity index (χ0n) is 11.0. The van der Waals surface area contributed by atoms with Gasteiger partial charge in [-0.3, -0.25) is 4.85 Å². The monoisotopic (exact) mass is 307 g/mol. The first-order valence-corrected chi connectivity index (χ1v) is 7.53. The molecular weight excluding hydrogens is 296 g/mol. The number of aryl methyl sites for hydroxylation is 1. The topological polar surface area (TPSA) is 38.5 Å². The molecule has 0 aromatic heterocycles. The first kappa shape index (κ1) is 15.1. The normalized spacial score (nSPS) is 12.7. The third kappa shape index (κ3) is 2.93. The molecule has 1 atom stereocenters. The van der Waals surface area contributed by atoms with E-state index in [1.807, 2.05) is 0 Å². The molecule has 0 aliphatic heterocycles. The minimum absolute atomic E-state index is 0.0993. The van der Waals surface area contributed by atoms with Crippen LogP contribution in [-0.4, -0.2) is 8.42 Å². The molecule has 0 spiro atoms. The summed E-state index contributed by atoms with van der Waals surface area (Å²) in [6.45, 7) is 8.86. The summed E-state index contributed by atoms with van der Waals surface area (Å²) < 4.78 is 51.8. The molecule has 0 unspecified atom stereocenters. The Morgan fingerprint density at radius 1 is 1.10 bits per heavy atom. The third-order valence-electron chi connectivity index (χ3n) is 2.98. The minimum atomic E-state index is -4.12. The molecule has 108 valence electrons. The number of rotatable bonds is 3. The first-order valence-electron chi connectivity index (χ1n) is 5.98. The maximum absolute atomic E-state index is 13.7. The van der Waals surface area contributed by atoms with Gasteiger partial charge in [0.15, 0.2) is 0 Å². The van der Waals surface area contributed by atoms with Gasteiger partial charge in [-0.1, -0.05) is 17.7 Å². The molecule has 0 aliphatic rings. The van der Waals surface area contributed by atoms with E-state index in [-0.39, 0.29) is 4.90 Å². The Balaban J connectivity index is 2.58. The van der Waals surface area contributed by atoms with E-state index in [0.717, 1.165) is 23.8 Å². The molecule has 0 heterocycles. The second kappa shape index (κ2) is 5.62. The lowest BCUT2D eigenvalue weighted by atomic mass is 10.2. The summed E-state index contributed by atoms with van der Waals surface area (Å²) in [5, 5.41) is -1.81. The van der Waals surface area contributed by atoms with Crippen LogP contribution in [0.5, 0.6) is 0 Å². The molecule has 2 aromatic carbocycles. The molecule has 2 aromatic rings. The first-order chi connectivity index (χ1) is 9.86. The molecule has 0 saturated carbocycles. The summed E-state index contributed by atoms with van der Waals surface area (Å²) in [6, 6.07) is 8.28. The fourth-order valence-electron chi connectivity index (χ4n) is 1.87. The van der Waals surface area contributed by atoms with Gasteiger partial charge in [0, 0.05) is 0 Å². The summed E-state index contributed by atoms with van der Waals surface area (Å²) in [5.41, 5.74) is 0.371. The number of hydrogen-bond donors (Lipinski definition) is 0. The summed E-state index contributed by atoms with van der Waals surface area (Å²) in [6.07, 6.45) is 0. The maximum atomic E-state index is 13.7.